The van der Waals surface area contributed by atoms with Crippen LogP contribution in [0.15, 0.2) is 121 Å². The highest BCUT2D eigenvalue weighted by molar-refractivity contribution is 7.95. The summed E-state index contributed by atoms with van der Waals surface area (Å²) in [4.78, 5) is 0. The Hall–Kier alpha value is -2.89. The third-order valence-electron chi connectivity index (χ3n) is 5.74. The van der Waals surface area contributed by atoms with Crippen LogP contribution in [0, 0.1) is 0 Å². The topological polar surface area (TPSA) is 9.23 Å². The molecule has 0 aliphatic rings. The van der Waals surface area contributed by atoms with Gasteiger partial charge in [-0.15, -0.1) is 0 Å². The Labute approximate surface area is 187 Å². The average molecular weight is 426 g/mol. The first-order valence-corrected chi connectivity index (χ1v) is 13.1. The number of ether oxygens (including phenoxy) is 1. The minimum Gasteiger partial charge on any atom is -0.494 e. The second-order valence-corrected chi connectivity index (χ2v) is 11.4. The zero-order valence-corrected chi connectivity index (χ0v) is 18.8. The fraction of sp³-hybridized carbons (Fsp3) is 0.172. The van der Waals surface area contributed by atoms with Crippen LogP contribution < -0.4 is 20.7 Å². The van der Waals surface area contributed by atoms with Crippen LogP contribution in [0.5, 0.6) is 5.75 Å². The molecule has 0 fully saturated rings. The van der Waals surface area contributed by atoms with E-state index in [9.17, 15) is 0 Å². The highest BCUT2D eigenvalue weighted by atomic mass is 31.2. The minimum atomic E-state index is -1.70. The van der Waals surface area contributed by atoms with Gasteiger partial charge >= 0.3 is 0 Å². The Bertz CT molecular complexity index is 921. The summed E-state index contributed by atoms with van der Waals surface area (Å²) in [5.74, 6) is 0.960. The lowest BCUT2D eigenvalue weighted by Gasteiger charge is -2.27. The largest absolute Gasteiger partial charge is 0.494 e. The van der Waals surface area contributed by atoms with E-state index in [4.69, 9.17) is 4.74 Å². The molecule has 0 N–H and O–H groups in total. The van der Waals surface area contributed by atoms with Gasteiger partial charge in [0.2, 0.25) is 0 Å². The molecule has 0 spiro atoms. The lowest BCUT2D eigenvalue weighted by atomic mass is 10.2. The van der Waals surface area contributed by atoms with E-state index < -0.39 is 7.26 Å². The fourth-order valence-electron chi connectivity index (χ4n) is 4.22. The summed E-state index contributed by atoms with van der Waals surface area (Å²) >= 11 is 0. The van der Waals surface area contributed by atoms with Crippen molar-refractivity contribution in [2.24, 2.45) is 0 Å². The molecule has 4 aromatic carbocycles. The van der Waals surface area contributed by atoms with Gasteiger partial charge in [0, 0.05) is 0 Å². The summed E-state index contributed by atoms with van der Waals surface area (Å²) in [6, 6.07) is 43.5. The van der Waals surface area contributed by atoms with E-state index in [1.165, 1.54) is 34.9 Å². The number of unbranched alkanes of at least 4 members (excludes halogenated alkanes) is 2. The Kier molecular flexibility index (Phi) is 7.53. The molecule has 0 heterocycles. The van der Waals surface area contributed by atoms with E-state index >= 15 is 0 Å². The van der Waals surface area contributed by atoms with E-state index in [1.54, 1.807) is 0 Å². The first-order chi connectivity index (χ1) is 15.4. The van der Waals surface area contributed by atoms with E-state index in [2.05, 4.69) is 91.0 Å². The molecule has 1 nitrogen and oxygen atoms in total. The molecular weight excluding hydrogens is 395 g/mol. The second kappa shape index (κ2) is 10.9. The predicted molar refractivity (Wildman–Crippen MR) is 136 cm³/mol. The summed E-state index contributed by atoms with van der Waals surface area (Å²) in [5, 5.41) is 4.40. The van der Waals surface area contributed by atoms with Gasteiger partial charge in [0.25, 0.3) is 0 Å². The van der Waals surface area contributed by atoms with Gasteiger partial charge in [-0.25, -0.2) is 0 Å². The van der Waals surface area contributed by atoms with Crippen LogP contribution in [0.1, 0.15) is 19.3 Å². The molecule has 0 atom stereocenters. The highest BCUT2D eigenvalue weighted by Crippen LogP contribution is 2.55. The first kappa shape index (κ1) is 21.3. The number of rotatable bonds is 10. The van der Waals surface area contributed by atoms with Crippen LogP contribution in [0.4, 0.5) is 0 Å². The summed E-state index contributed by atoms with van der Waals surface area (Å²) in [7, 11) is -1.70. The number of para-hydroxylation sites is 1. The molecule has 4 rings (SSSR count). The van der Waals surface area contributed by atoms with Crippen molar-refractivity contribution >= 4 is 23.2 Å². The highest BCUT2D eigenvalue weighted by Gasteiger charge is 2.44. The third kappa shape index (κ3) is 5.24. The Morgan fingerprint density at radius 1 is 0.452 bits per heavy atom. The average Bonchev–Trinajstić information content (AvgIpc) is 2.86. The SMILES string of the molecule is c1ccc(OCCCCC[P+](c2ccccc2)(c2ccccc2)c2ccccc2)cc1. The van der Waals surface area contributed by atoms with Crippen molar-refractivity contribution in [3.05, 3.63) is 121 Å². The Balaban J connectivity index is 1.54. The Morgan fingerprint density at radius 2 is 0.871 bits per heavy atom. The molecule has 0 unspecified atom stereocenters. The van der Waals surface area contributed by atoms with Gasteiger partial charge in [-0.05, 0) is 67.8 Å². The Morgan fingerprint density at radius 3 is 1.32 bits per heavy atom. The van der Waals surface area contributed by atoms with Gasteiger partial charge in [-0.3, -0.25) is 0 Å². The maximum Gasteiger partial charge on any atom is 0.119 e. The zero-order valence-electron chi connectivity index (χ0n) is 17.9. The number of hydrogen-bond donors (Lipinski definition) is 0. The molecule has 4 aromatic rings. The van der Waals surface area contributed by atoms with Crippen molar-refractivity contribution in [3.63, 3.8) is 0 Å². The van der Waals surface area contributed by atoms with E-state index in [0.29, 0.717) is 0 Å². The maximum atomic E-state index is 5.90. The standard InChI is InChI=1S/C29H30OP/c1-6-16-26(17-7-1)30-24-14-5-15-25-31(27-18-8-2-9-19-27,28-20-10-3-11-21-28)29-22-12-4-13-23-29/h1-4,6-13,16-23H,5,14-15,24-25H2/q+1. The maximum absolute atomic E-state index is 5.90. The van der Waals surface area contributed by atoms with E-state index in [0.717, 1.165) is 18.8 Å². The smallest absolute Gasteiger partial charge is 0.119 e. The molecule has 0 saturated heterocycles. The van der Waals surface area contributed by atoms with Crippen LogP contribution >= 0.6 is 7.26 Å². The van der Waals surface area contributed by atoms with E-state index in [1.807, 2.05) is 30.3 Å². The lowest BCUT2D eigenvalue weighted by Crippen LogP contribution is -2.33. The van der Waals surface area contributed by atoms with Crippen LogP contribution in [0.2, 0.25) is 0 Å². The molecule has 0 aliphatic carbocycles. The lowest BCUT2D eigenvalue weighted by molar-refractivity contribution is 0.306. The van der Waals surface area contributed by atoms with Crippen molar-refractivity contribution in [2.45, 2.75) is 19.3 Å². The van der Waals surface area contributed by atoms with Crippen molar-refractivity contribution in [2.75, 3.05) is 12.8 Å². The summed E-state index contributed by atoms with van der Waals surface area (Å²) in [6.45, 7) is 0.775. The first-order valence-electron chi connectivity index (χ1n) is 11.1. The normalized spacial score (nSPS) is 11.2. The van der Waals surface area contributed by atoms with Gasteiger partial charge in [0.05, 0.1) is 12.8 Å². The van der Waals surface area contributed by atoms with E-state index in [-0.39, 0.29) is 0 Å². The van der Waals surface area contributed by atoms with Crippen molar-refractivity contribution in [3.8, 4) is 5.75 Å². The van der Waals surface area contributed by atoms with Crippen molar-refractivity contribution in [1.29, 1.82) is 0 Å². The van der Waals surface area contributed by atoms with Crippen molar-refractivity contribution < 1.29 is 4.74 Å². The van der Waals surface area contributed by atoms with Crippen LogP contribution in [-0.4, -0.2) is 12.8 Å². The molecule has 0 amide bonds. The molecule has 0 aromatic heterocycles. The molecule has 0 radical (unpaired) electrons. The van der Waals surface area contributed by atoms with Gasteiger partial charge in [0.1, 0.15) is 28.9 Å². The quantitative estimate of drug-likeness (QED) is 0.216. The molecule has 0 aliphatic heterocycles. The van der Waals surface area contributed by atoms with Crippen LogP contribution in [0.3, 0.4) is 0 Å². The third-order valence-corrected chi connectivity index (χ3v) is 10.3. The molecule has 0 bridgehead atoms. The molecule has 2 heteroatoms. The van der Waals surface area contributed by atoms with Gasteiger partial charge in [-0.2, -0.15) is 0 Å². The van der Waals surface area contributed by atoms with Gasteiger partial charge in [0.15, 0.2) is 0 Å². The molecular formula is C29H30OP+. The minimum absolute atomic E-state index is 0.775. The second-order valence-electron chi connectivity index (χ2n) is 7.76. The molecule has 0 saturated carbocycles. The van der Waals surface area contributed by atoms with Crippen molar-refractivity contribution in [1.82, 2.24) is 0 Å². The van der Waals surface area contributed by atoms with Gasteiger partial charge in [-0.1, -0.05) is 72.8 Å². The summed E-state index contributed by atoms with van der Waals surface area (Å²) in [5.41, 5.74) is 0. The molecule has 31 heavy (non-hydrogen) atoms. The number of hydrogen-bond acceptors (Lipinski definition) is 1. The van der Waals surface area contributed by atoms with Crippen LogP contribution in [0.25, 0.3) is 0 Å². The van der Waals surface area contributed by atoms with Gasteiger partial charge < -0.3 is 4.74 Å². The molecule has 156 valence electrons. The van der Waals surface area contributed by atoms with Crippen LogP contribution in [-0.2, 0) is 0 Å². The summed E-state index contributed by atoms with van der Waals surface area (Å²) < 4.78 is 5.90. The summed E-state index contributed by atoms with van der Waals surface area (Å²) in [6.07, 6.45) is 4.61. The predicted octanol–water partition coefficient (Wildman–Crippen LogP) is 6.23. The zero-order chi connectivity index (χ0) is 21.2. The monoisotopic (exact) mass is 425 g/mol. The number of benzene rings is 4. The fourth-order valence-corrected chi connectivity index (χ4v) is 8.63.